The van der Waals surface area contributed by atoms with E-state index >= 15 is 0 Å². The maximum atomic E-state index is 11.5. The molecule has 0 aliphatic rings. The van der Waals surface area contributed by atoms with Crippen LogP contribution in [0.15, 0.2) is 9.59 Å². The van der Waals surface area contributed by atoms with E-state index in [-0.39, 0.29) is 29.4 Å². The van der Waals surface area contributed by atoms with E-state index in [9.17, 15) is 9.59 Å². The Morgan fingerprint density at radius 2 is 2.00 bits per heavy atom. The van der Waals surface area contributed by atoms with E-state index < -0.39 is 11.1 Å². The molecule has 8 nitrogen and oxygen atoms in total. The van der Waals surface area contributed by atoms with Crippen LogP contribution in [0.2, 0.25) is 0 Å². The Morgan fingerprint density at radius 3 is 2.69 bits per heavy atom. The van der Waals surface area contributed by atoms with Crippen LogP contribution in [0.1, 0.15) is 5.69 Å². The Bertz CT molecular complexity index is 644. The zero-order valence-corrected chi connectivity index (χ0v) is 8.40. The summed E-state index contributed by atoms with van der Waals surface area (Å²) in [5, 5.41) is 0. The van der Waals surface area contributed by atoms with Gasteiger partial charge in [-0.05, 0) is 0 Å². The summed E-state index contributed by atoms with van der Waals surface area (Å²) in [5.41, 5.74) is 4.58. The summed E-state index contributed by atoms with van der Waals surface area (Å²) in [4.78, 5) is 35.3. The minimum atomic E-state index is -0.504. The van der Waals surface area contributed by atoms with Crippen LogP contribution in [0.3, 0.4) is 0 Å². The van der Waals surface area contributed by atoms with E-state index in [1.165, 1.54) is 7.11 Å². The first-order valence-electron chi connectivity index (χ1n) is 4.39. The lowest BCUT2D eigenvalue weighted by Crippen LogP contribution is -2.21. The molecule has 2 heterocycles. The number of aromatic amines is 2. The highest BCUT2D eigenvalue weighted by Gasteiger charge is 2.08. The monoisotopic (exact) mass is 223 g/mol. The normalized spacial score (nSPS) is 10.8. The molecular weight excluding hydrogens is 214 g/mol. The van der Waals surface area contributed by atoms with Gasteiger partial charge in [0, 0.05) is 7.11 Å². The molecular formula is C8H9N5O3. The number of anilines is 1. The van der Waals surface area contributed by atoms with E-state index in [0.717, 1.165) is 0 Å². The quantitative estimate of drug-likeness (QED) is 0.582. The Kier molecular flexibility index (Phi) is 2.41. The van der Waals surface area contributed by atoms with E-state index in [4.69, 9.17) is 10.5 Å². The Hall–Kier alpha value is -2.22. The van der Waals surface area contributed by atoms with Gasteiger partial charge in [0.05, 0.1) is 6.61 Å². The number of nitrogens with one attached hydrogen (secondary N) is 2. The topological polar surface area (TPSA) is 127 Å². The minimum Gasteiger partial charge on any atom is -0.378 e. The number of rotatable bonds is 2. The smallest absolute Gasteiger partial charge is 0.280 e. The van der Waals surface area contributed by atoms with Gasteiger partial charge in [0.1, 0.15) is 5.69 Å². The third-order valence-electron chi connectivity index (χ3n) is 1.94. The van der Waals surface area contributed by atoms with Crippen molar-refractivity contribution in [3.63, 3.8) is 0 Å². The average Bonchev–Trinajstić information content (AvgIpc) is 2.20. The van der Waals surface area contributed by atoms with E-state index in [1.807, 2.05) is 0 Å². The fourth-order valence-corrected chi connectivity index (χ4v) is 1.28. The first-order valence-corrected chi connectivity index (χ1v) is 4.39. The van der Waals surface area contributed by atoms with Crippen LogP contribution >= 0.6 is 0 Å². The Morgan fingerprint density at radius 1 is 1.25 bits per heavy atom. The fraction of sp³-hybridized carbons (Fsp3) is 0.250. The van der Waals surface area contributed by atoms with Gasteiger partial charge < -0.3 is 15.5 Å². The number of H-pyrrole nitrogens is 2. The van der Waals surface area contributed by atoms with Crippen molar-refractivity contribution in [1.82, 2.24) is 19.9 Å². The maximum absolute atomic E-state index is 11.5. The molecule has 0 aromatic carbocycles. The standard InChI is InChI=1S/C8H9N5O3/c1-16-2-3-6(14)11-5-4(10-3)7(15)13-8(9)12-5/h2H2,1H3,(H4,9,11,12,13,14,15). The molecule has 0 saturated heterocycles. The molecule has 0 fully saturated rings. The number of hydrogen-bond acceptors (Lipinski definition) is 6. The molecule has 0 aliphatic heterocycles. The molecule has 84 valence electrons. The molecule has 0 bridgehead atoms. The number of hydrogen-bond donors (Lipinski definition) is 3. The molecule has 0 spiro atoms. The SMILES string of the molecule is COCc1nc2c(=O)[nH]c(N)nc2[nH]c1=O. The maximum Gasteiger partial charge on any atom is 0.280 e. The fourth-order valence-electron chi connectivity index (χ4n) is 1.28. The highest BCUT2D eigenvalue weighted by molar-refractivity contribution is 5.69. The van der Waals surface area contributed by atoms with Gasteiger partial charge in [-0.15, -0.1) is 0 Å². The summed E-state index contributed by atoms with van der Waals surface area (Å²) < 4.78 is 4.78. The van der Waals surface area contributed by atoms with Crippen molar-refractivity contribution in [1.29, 1.82) is 0 Å². The molecule has 4 N–H and O–H groups in total. The molecule has 0 unspecified atom stereocenters. The van der Waals surface area contributed by atoms with Crippen molar-refractivity contribution in [3.05, 3.63) is 26.4 Å². The van der Waals surface area contributed by atoms with Crippen LogP contribution in [-0.4, -0.2) is 27.0 Å². The summed E-state index contributed by atoms with van der Waals surface area (Å²) in [6.07, 6.45) is 0. The van der Waals surface area contributed by atoms with Gasteiger partial charge in [-0.2, -0.15) is 4.98 Å². The number of aromatic nitrogens is 4. The van der Waals surface area contributed by atoms with Gasteiger partial charge >= 0.3 is 0 Å². The predicted octanol–water partition coefficient (Wildman–Crippen LogP) is -1.26. The van der Waals surface area contributed by atoms with Gasteiger partial charge in [0.15, 0.2) is 11.2 Å². The zero-order chi connectivity index (χ0) is 11.7. The number of nitrogens with two attached hydrogens (primary N) is 1. The summed E-state index contributed by atoms with van der Waals surface area (Å²) >= 11 is 0. The van der Waals surface area contributed by atoms with Crippen LogP contribution in [0.4, 0.5) is 5.95 Å². The Balaban J connectivity index is 2.79. The number of nitrogens with zero attached hydrogens (tertiary/aromatic N) is 2. The largest absolute Gasteiger partial charge is 0.378 e. The van der Waals surface area contributed by atoms with Crippen molar-refractivity contribution >= 4 is 17.1 Å². The predicted molar refractivity (Wildman–Crippen MR) is 55.9 cm³/mol. The molecule has 0 radical (unpaired) electrons. The van der Waals surface area contributed by atoms with Crippen molar-refractivity contribution in [2.75, 3.05) is 12.8 Å². The molecule has 0 saturated carbocycles. The average molecular weight is 223 g/mol. The molecule has 0 aliphatic carbocycles. The molecule has 0 amide bonds. The van der Waals surface area contributed by atoms with E-state index in [2.05, 4.69) is 19.9 Å². The molecule has 8 heteroatoms. The first kappa shape index (κ1) is 10.3. The van der Waals surface area contributed by atoms with Crippen molar-refractivity contribution < 1.29 is 4.74 Å². The third-order valence-corrected chi connectivity index (χ3v) is 1.94. The molecule has 2 rings (SSSR count). The van der Waals surface area contributed by atoms with Crippen LogP contribution < -0.4 is 16.9 Å². The van der Waals surface area contributed by atoms with E-state index in [1.54, 1.807) is 0 Å². The number of methoxy groups -OCH3 is 1. The van der Waals surface area contributed by atoms with Crippen molar-refractivity contribution in [3.8, 4) is 0 Å². The van der Waals surface area contributed by atoms with Crippen LogP contribution in [0.5, 0.6) is 0 Å². The third kappa shape index (κ3) is 1.65. The molecule has 2 aromatic heterocycles. The second-order valence-corrected chi connectivity index (χ2v) is 3.09. The lowest BCUT2D eigenvalue weighted by molar-refractivity contribution is 0.180. The summed E-state index contributed by atoms with van der Waals surface area (Å²) in [6.45, 7) is 0.0229. The highest BCUT2D eigenvalue weighted by atomic mass is 16.5. The van der Waals surface area contributed by atoms with Crippen molar-refractivity contribution in [2.45, 2.75) is 6.61 Å². The Labute approximate surface area is 88.5 Å². The van der Waals surface area contributed by atoms with Crippen molar-refractivity contribution in [2.24, 2.45) is 0 Å². The minimum absolute atomic E-state index is 0.0229. The molecule has 2 aromatic rings. The van der Waals surface area contributed by atoms with Gasteiger partial charge in [0.2, 0.25) is 5.95 Å². The van der Waals surface area contributed by atoms with Crippen LogP contribution in [0, 0.1) is 0 Å². The summed E-state index contributed by atoms with van der Waals surface area (Å²) in [7, 11) is 1.43. The van der Waals surface area contributed by atoms with E-state index in [0.29, 0.717) is 0 Å². The van der Waals surface area contributed by atoms with Crippen LogP contribution in [-0.2, 0) is 11.3 Å². The summed E-state index contributed by atoms with van der Waals surface area (Å²) in [6, 6.07) is 0. The van der Waals surface area contributed by atoms with Gasteiger partial charge in [0.25, 0.3) is 11.1 Å². The lowest BCUT2D eigenvalue weighted by Gasteiger charge is -2.00. The lowest BCUT2D eigenvalue weighted by atomic mass is 10.4. The van der Waals surface area contributed by atoms with Gasteiger partial charge in [-0.25, -0.2) is 4.98 Å². The van der Waals surface area contributed by atoms with Gasteiger partial charge in [-0.3, -0.25) is 14.6 Å². The summed E-state index contributed by atoms with van der Waals surface area (Å²) in [5.74, 6) is -0.0746. The first-order chi connectivity index (χ1) is 7.61. The van der Waals surface area contributed by atoms with Crippen LogP contribution in [0.25, 0.3) is 11.2 Å². The number of nitrogen functional groups attached to an aromatic ring is 1. The molecule has 16 heavy (non-hydrogen) atoms. The number of ether oxygens (including phenoxy) is 1. The van der Waals surface area contributed by atoms with Gasteiger partial charge in [-0.1, -0.05) is 0 Å². The second-order valence-electron chi connectivity index (χ2n) is 3.09. The zero-order valence-electron chi connectivity index (χ0n) is 8.40. The molecule has 0 atom stereocenters. The highest BCUT2D eigenvalue weighted by Crippen LogP contribution is 2.00. The second kappa shape index (κ2) is 3.74. The number of fused-ring (bicyclic) bond motifs is 1.